The highest BCUT2D eigenvalue weighted by Gasteiger charge is 2.33. The van der Waals surface area contributed by atoms with Crippen LogP contribution in [0.1, 0.15) is 35.1 Å². The van der Waals surface area contributed by atoms with Crippen LogP contribution in [-0.4, -0.2) is 62.9 Å². The third-order valence-electron chi connectivity index (χ3n) is 6.97. The number of aromatic nitrogens is 2. The number of likely N-dealkylation sites (N-methyl/N-ethyl adjacent to an activating group) is 2. The van der Waals surface area contributed by atoms with Crippen molar-refractivity contribution in [3.05, 3.63) is 34.5 Å². The second-order valence-corrected chi connectivity index (χ2v) is 11.0. The highest BCUT2D eigenvalue weighted by atomic mass is 32.2. The average Bonchev–Trinajstić information content (AvgIpc) is 3.46. The van der Waals surface area contributed by atoms with E-state index in [1.54, 1.807) is 4.68 Å². The Kier molecular flexibility index (Phi) is 5.16. The second kappa shape index (κ2) is 7.77. The Morgan fingerprint density at radius 3 is 2.38 bits per heavy atom. The van der Waals surface area contributed by atoms with Gasteiger partial charge in [0.1, 0.15) is 10.7 Å². The minimum absolute atomic E-state index is 0.0240. The molecule has 1 atom stereocenters. The van der Waals surface area contributed by atoms with Gasteiger partial charge in [0.2, 0.25) is 0 Å². The molecule has 2 amide bonds. The maximum atomic E-state index is 13.1. The Morgan fingerprint density at radius 2 is 1.75 bits per heavy atom. The molecule has 172 valence electrons. The van der Waals surface area contributed by atoms with Crippen molar-refractivity contribution in [2.45, 2.75) is 56.0 Å². The maximum Gasteiger partial charge on any atom is 0.333 e. The molecular weight excluding hydrogens is 428 g/mol. The van der Waals surface area contributed by atoms with Gasteiger partial charge < -0.3 is 15.1 Å². The predicted octanol–water partition coefficient (Wildman–Crippen LogP) is 1.75. The minimum atomic E-state index is -4.08. The number of hydrogen-bond donors (Lipinski definition) is 2. The Balaban J connectivity index is 1.39. The van der Waals surface area contributed by atoms with E-state index >= 15 is 0 Å². The number of anilines is 2. The smallest absolute Gasteiger partial charge is 0.333 e. The lowest BCUT2D eigenvalue weighted by atomic mass is 9.99. The van der Waals surface area contributed by atoms with Gasteiger partial charge in [-0.25, -0.2) is 22.6 Å². The molecule has 1 unspecified atom stereocenters. The number of aryl methyl sites for hydroxylation is 2. The molecule has 2 N–H and O–H groups in total. The van der Waals surface area contributed by atoms with Crippen LogP contribution in [0.15, 0.2) is 17.2 Å². The molecule has 1 aromatic heterocycles. The van der Waals surface area contributed by atoms with Crippen molar-refractivity contribution < 1.29 is 13.2 Å². The quantitative estimate of drug-likeness (QED) is 0.724. The molecule has 2 aliphatic carbocycles. The van der Waals surface area contributed by atoms with E-state index in [1.807, 2.05) is 26.0 Å². The summed E-state index contributed by atoms with van der Waals surface area (Å²) in [7, 11) is 1.76. The van der Waals surface area contributed by atoms with Gasteiger partial charge in [-0.3, -0.25) is 0 Å². The van der Waals surface area contributed by atoms with Gasteiger partial charge in [0, 0.05) is 25.3 Å². The summed E-state index contributed by atoms with van der Waals surface area (Å²) in [6, 6.07) is 1.78. The number of amides is 2. The van der Waals surface area contributed by atoms with Crippen LogP contribution in [-0.2, 0) is 42.3 Å². The van der Waals surface area contributed by atoms with Gasteiger partial charge in [-0.05, 0) is 74.9 Å². The third-order valence-corrected chi connectivity index (χ3v) is 8.29. The van der Waals surface area contributed by atoms with Gasteiger partial charge in [0.25, 0.3) is 10.0 Å². The van der Waals surface area contributed by atoms with Gasteiger partial charge >= 0.3 is 6.03 Å². The van der Waals surface area contributed by atoms with E-state index in [9.17, 15) is 13.2 Å². The molecule has 0 fully saturated rings. The van der Waals surface area contributed by atoms with E-state index in [4.69, 9.17) is 0 Å². The zero-order chi connectivity index (χ0) is 22.6. The Bertz CT molecular complexity index is 1150. The Labute approximate surface area is 188 Å². The topological polar surface area (TPSA) is 99.6 Å². The van der Waals surface area contributed by atoms with Gasteiger partial charge in [0.05, 0.1) is 12.7 Å². The molecule has 1 aromatic carbocycles. The molecule has 3 aliphatic rings. The minimum Gasteiger partial charge on any atom is -0.357 e. The van der Waals surface area contributed by atoms with E-state index in [-0.39, 0.29) is 10.9 Å². The summed E-state index contributed by atoms with van der Waals surface area (Å²) < 4.78 is 30.2. The van der Waals surface area contributed by atoms with Crippen LogP contribution in [0.3, 0.4) is 0 Å². The SMILES string of the molecule is CN1CC(N(C)C)Cn2ncc(S(=O)(=O)NC(=O)Nc3c4c(cc5c3CCC5)CCC4)c21. The summed E-state index contributed by atoms with van der Waals surface area (Å²) >= 11 is 0. The van der Waals surface area contributed by atoms with Crippen molar-refractivity contribution in [1.29, 1.82) is 0 Å². The first-order chi connectivity index (χ1) is 15.2. The van der Waals surface area contributed by atoms with Crippen LogP contribution in [0, 0.1) is 0 Å². The lowest BCUT2D eigenvalue weighted by Crippen LogP contribution is -2.47. The molecule has 0 saturated carbocycles. The van der Waals surface area contributed by atoms with Crippen molar-refractivity contribution in [3.63, 3.8) is 0 Å². The number of carbonyl (C=O) groups excluding carboxylic acids is 1. The summed E-state index contributed by atoms with van der Waals surface area (Å²) in [6.45, 7) is 1.27. The predicted molar refractivity (Wildman–Crippen MR) is 123 cm³/mol. The lowest BCUT2D eigenvalue weighted by molar-refractivity contribution is 0.246. The summed E-state index contributed by atoms with van der Waals surface area (Å²) in [4.78, 5) is 16.9. The number of nitrogens with one attached hydrogen (secondary N) is 2. The number of benzene rings is 1. The zero-order valence-electron chi connectivity index (χ0n) is 18.8. The number of rotatable bonds is 4. The molecule has 10 heteroatoms. The number of sulfonamides is 1. The van der Waals surface area contributed by atoms with E-state index in [2.05, 4.69) is 26.1 Å². The number of fused-ring (bicyclic) bond motifs is 3. The number of carbonyl (C=O) groups is 1. The molecule has 1 aliphatic heterocycles. The highest BCUT2D eigenvalue weighted by molar-refractivity contribution is 7.90. The number of nitrogens with zero attached hydrogens (tertiary/aromatic N) is 4. The molecule has 5 rings (SSSR count). The fourth-order valence-corrected chi connectivity index (χ4v) is 6.43. The van der Waals surface area contributed by atoms with E-state index in [0.717, 1.165) is 55.3 Å². The maximum absolute atomic E-state index is 13.1. The van der Waals surface area contributed by atoms with E-state index in [0.29, 0.717) is 18.9 Å². The first kappa shape index (κ1) is 21.3. The monoisotopic (exact) mass is 458 g/mol. The first-order valence-corrected chi connectivity index (χ1v) is 12.7. The van der Waals surface area contributed by atoms with Crippen molar-refractivity contribution in [1.82, 2.24) is 19.4 Å². The Morgan fingerprint density at radius 1 is 1.09 bits per heavy atom. The molecule has 0 bridgehead atoms. The summed E-state index contributed by atoms with van der Waals surface area (Å²) in [6.07, 6.45) is 7.32. The van der Waals surface area contributed by atoms with E-state index < -0.39 is 16.1 Å². The molecule has 32 heavy (non-hydrogen) atoms. The van der Waals surface area contributed by atoms with Crippen LogP contribution in [0.2, 0.25) is 0 Å². The normalized spacial score (nSPS) is 19.6. The molecule has 2 heterocycles. The van der Waals surface area contributed by atoms with Gasteiger partial charge in [0.15, 0.2) is 0 Å². The van der Waals surface area contributed by atoms with Crippen molar-refractivity contribution in [2.75, 3.05) is 37.9 Å². The van der Waals surface area contributed by atoms with Crippen LogP contribution < -0.4 is 14.9 Å². The Hall–Kier alpha value is -2.59. The lowest BCUT2D eigenvalue weighted by Gasteiger charge is -2.35. The molecule has 9 nitrogen and oxygen atoms in total. The van der Waals surface area contributed by atoms with E-state index in [1.165, 1.54) is 17.3 Å². The molecule has 2 aromatic rings. The van der Waals surface area contributed by atoms with Crippen LogP contribution in [0.4, 0.5) is 16.3 Å². The molecular formula is C22H30N6O3S. The van der Waals surface area contributed by atoms with Crippen LogP contribution in [0.5, 0.6) is 0 Å². The highest BCUT2D eigenvalue weighted by Crippen LogP contribution is 2.38. The largest absolute Gasteiger partial charge is 0.357 e. The fraction of sp³-hybridized carbons (Fsp3) is 0.545. The fourth-order valence-electron chi connectivity index (χ4n) is 5.34. The number of hydrogen-bond acceptors (Lipinski definition) is 6. The second-order valence-electron chi connectivity index (χ2n) is 9.31. The van der Waals surface area contributed by atoms with Crippen molar-refractivity contribution in [3.8, 4) is 0 Å². The van der Waals surface area contributed by atoms with Crippen molar-refractivity contribution >= 4 is 27.6 Å². The average molecular weight is 459 g/mol. The summed E-state index contributed by atoms with van der Waals surface area (Å²) in [5, 5.41) is 7.19. The molecule has 0 spiro atoms. The third kappa shape index (κ3) is 3.55. The summed E-state index contributed by atoms with van der Waals surface area (Å²) in [5.41, 5.74) is 5.72. The molecule has 0 saturated heterocycles. The first-order valence-electron chi connectivity index (χ1n) is 11.2. The van der Waals surface area contributed by atoms with Crippen molar-refractivity contribution in [2.24, 2.45) is 0 Å². The van der Waals surface area contributed by atoms with Gasteiger partial charge in [-0.2, -0.15) is 5.10 Å². The standard InChI is InChI=1S/C22H30N6O3S/c1-26(2)16-12-27(3)21-19(11-23-28(21)13-16)32(30,31)25-22(29)24-20-17-8-4-6-14(17)10-15-7-5-9-18(15)20/h10-11,16H,4-9,12-13H2,1-3H3,(H2,24,25,29). The molecule has 0 radical (unpaired) electrons. The van der Waals surface area contributed by atoms with Crippen LogP contribution >= 0.6 is 0 Å². The van der Waals surface area contributed by atoms with Crippen LogP contribution in [0.25, 0.3) is 0 Å². The zero-order valence-corrected chi connectivity index (χ0v) is 19.6. The number of urea groups is 1. The summed E-state index contributed by atoms with van der Waals surface area (Å²) in [5.74, 6) is 0.505. The van der Waals surface area contributed by atoms with Gasteiger partial charge in [-0.1, -0.05) is 6.07 Å². The van der Waals surface area contributed by atoms with Gasteiger partial charge in [-0.15, -0.1) is 0 Å².